The minimum Gasteiger partial charge on any atom is -0.311 e. The van der Waals surface area contributed by atoms with Crippen LogP contribution in [0.5, 0.6) is 0 Å². The molecule has 0 spiro atoms. The summed E-state index contributed by atoms with van der Waals surface area (Å²) < 4.78 is 0. The summed E-state index contributed by atoms with van der Waals surface area (Å²) in [6.45, 7) is 5.26. The molecular weight excluding hydrogens is 243 g/mol. The highest BCUT2D eigenvalue weighted by atomic mass is 35.5. The third-order valence-corrected chi connectivity index (χ3v) is 2.31. The van der Waals surface area contributed by atoms with Gasteiger partial charge in [-0.05, 0) is 32.1 Å². The largest absolute Gasteiger partial charge is 0.311 e. The van der Waals surface area contributed by atoms with Crippen LogP contribution in [0.3, 0.4) is 0 Å². The Balaban J connectivity index is 0. The number of hydrogen-bond acceptors (Lipinski definition) is 2. The minimum atomic E-state index is 0. The zero-order valence-electron chi connectivity index (χ0n) is 10.2. The lowest BCUT2D eigenvalue weighted by molar-refractivity contribution is 0.400. The molecule has 0 unspecified atom stereocenters. The van der Waals surface area contributed by atoms with Gasteiger partial charge in [0.05, 0.1) is 0 Å². The maximum Gasteiger partial charge on any atom is 0.0208 e. The van der Waals surface area contributed by atoms with Gasteiger partial charge in [0.15, 0.2) is 0 Å². The van der Waals surface area contributed by atoms with Gasteiger partial charge in [-0.2, -0.15) is 0 Å². The predicted octanol–water partition coefficient (Wildman–Crippen LogP) is 2.49. The molecule has 0 heterocycles. The molecule has 0 bridgehead atoms. The highest BCUT2D eigenvalue weighted by Crippen LogP contribution is 2.05. The number of halogens is 2. The van der Waals surface area contributed by atoms with Crippen molar-refractivity contribution >= 4 is 24.8 Å². The van der Waals surface area contributed by atoms with E-state index in [4.69, 9.17) is 0 Å². The summed E-state index contributed by atoms with van der Waals surface area (Å²) in [6, 6.07) is 8.51. The van der Waals surface area contributed by atoms with Gasteiger partial charge in [0.1, 0.15) is 0 Å². The van der Waals surface area contributed by atoms with E-state index in [0.717, 1.165) is 19.6 Å². The van der Waals surface area contributed by atoms with Crippen LogP contribution in [0.15, 0.2) is 24.3 Å². The van der Waals surface area contributed by atoms with E-state index in [1.165, 1.54) is 11.1 Å². The Bertz CT molecular complexity index is 277. The first-order valence-corrected chi connectivity index (χ1v) is 5.10. The van der Waals surface area contributed by atoms with Crippen LogP contribution < -0.4 is 5.32 Å². The van der Waals surface area contributed by atoms with E-state index in [1.54, 1.807) is 0 Å². The molecular formula is C12H22Cl2N2. The van der Waals surface area contributed by atoms with E-state index in [2.05, 4.69) is 55.5 Å². The van der Waals surface area contributed by atoms with Gasteiger partial charge in [-0.3, -0.25) is 0 Å². The smallest absolute Gasteiger partial charge is 0.0208 e. The maximum atomic E-state index is 3.43. The fourth-order valence-corrected chi connectivity index (χ4v) is 1.33. The van der Waals surface area contributed by atoms with Gasteiger partial charge in [0.25, 0.3) is 0 Å². The van der Waals surface area contributed by atoms with Crippen molar-refractivity contribution in [1.82, 2.24) is 10.2 Å². The van der Waals surface area contributed by atoms with E-state index < -0.39 is 0 Å². The van der Waals surface area contributed by atoms with Crippen LogP contribution in [0.2, 0.25) is 0 Å². The number of benzene rings is 1. The molecule has 0 aliphatic rings. The summed E-state index contributed by atoms with van der Waals surface area (Å²) in [5.41, 5.74) is 2.76. The molecule has 0 fully saturated rings. The summed E-state index contributed by atoms with van der Waals surface area (Å²) in [7, 11) is 4.19. The second-order valence-electron chi connectivity index (χ2n) is 3.91. The number of likely N-dealkylation sites (N-methyl/N-ethyl adjacent to an activating group) is 1. The normalized spacial score (nSPS) is 9.50. The van der Waals surface area contributed by atoms with Gasteiger partial charge in [0.2, 0.25) is 0 Å². The molecule has 16 heavy (non-hydrogen) atoms. The van der Waals surface area contributed by atoms with E-state index >= 15 is 0 Å². The van der Waals surface area contributed by atoms with Crippen molar-refractivity contribution in [2.75, 3.05) is 27.2 Å². The third kappa shape index (κ3) is 7.07. The van der Waals surface area contributed by atoms with Crippen LogP contribution in [-0.2, 0) is 6.54 Å². The van der Waals surface area contributed by atoms with Crippen molar-refractivity contribution in [2.45, 2.75) is 13.5 Å². The van der Waals surface area contributed by atoms with Crippen molar-refractivity contribution in [2.24, 2.45) is 0 Å². The molecule has 0 saturated carbocycles. The third-order valence-electron chi connectivity index (χ3n) is 2.31. The van der Waals surface area contributed by atoms with Gasteiger partial charge >= 0.3 is 0 Å². The van der Waals surface area contributed by atoms with Gasteiger partial charge < -0.3 is 10.2 Å². The average Bonchev–Trinajstić information content (AvgIpc) is 2.15. The topological polar surface area (TPSA) is 15.3 Å². The molecule has 0 atom stereocenters. The average molecular weight is 265 g/mol. The van der Waals surface area contributed by atoms with Crippen LogP contribution in [0.1, 0.15) is 11.1 Å². The first-order chi connectivity index (χ1) is 6.70. The molecule has 0 aliphatic carbocycles. The van der Waals surface area contributed by atoms with Crippen molar-refractivity contribution < 1.29 is 0 Å². The molecule has 0 radical (unpaired) electrons. The number of rotatable bonds is 5. The number of hydrogen-bond donors (Lipinski definition) is 1. The summed E-state index contributed by atoms with van der Waals surface area (Å²) in [5.74, 6) is 0. The summed E-state index contributed by atoms with van der Waals surface area (Å²) >= 11 is 0. The van der Waals surface area contributed by atoms with E-state index in [1.807, 2.05) is 0 Å². The molecule has 4 heteroatoms. The number of nitrogens with zero attached hydrogens (tertiary/aromatic N) is 1. The fraction of sp³-hybridized carbons (Fsp3) is 0.500. The molecule has 94 valence electrons. The maximum absolute atomic E-state index is 3.43. The molecule has 1 rings (SSSR count). The van der Waals surface area contributed by atoms with Gasteiger partial charge in [-0.1, -0.05) is 24.3 Å². The van der Waals surface area contributed by atoms with Crippen LogP contribution >= 0.6 is 24.8 Å². The van der Waals surface area contributed by atoms with Crippen molar-refractivity contribution in [3.05, 3.63) is 35.4 Å². The Morgan fingerprint density at radius 1 is 1.12 bits per heavy atom. The van der Waals surface area contributed by atoms with Crippen molar-refractivity contribution in [3.63, 3.8) is 0 Å². The Morgan fingerprint density at radius 2 is 1.75 bits per heavy atom. The lowest BCUT2D eigenvalue weighted by atomic mass is 10.1. The monoisotopic (exact) mass is 264 g/mol. The second kappa shape index (κ2) is 9.91. The van der Waals surface area contributed by atoms with Crippen LogP contribution in [0.25, 0.3) is 0 Å². The molecule has 2 nitrogen and oxygen atoms in total. The molecule has 0 aliphatic heterocycles. The Hall–Kier alpha value is -0.280. The predicted molar refractivity (Wildman–Crippen MR) is 75.9 cm³/mol. The summed E-state index contributed by atoms with van der Waals surface area (Å²) in [5, 5.41) is 3.43. The summed E-state index contributed by atoms with van der Waals surface area (Å²) in [6.07, 6.45) is 0. The zero-order valence-corrected chi connectivity index (χ0v) is 11.8. The van der Waals surface area contributed by atoms with Crippen molar-refractivity contribution in [3.8, 4) is 0 Å². The minimum absolute atomic E-state index is 0. The second-order valence-corrected chi connectivity index (χ2v) is 3.91. The highest BCUT2D eigenvalue weighted by molar-refractivity contribution is 5.85. The standard InChI is InChI=1S/C12H20N2.2ClH/c1-11-6-4-5-7-12(11)10-13-8-9-14(2)3;;/h4-7,13H,8-10H2,1-3H3;2*1H. The molecule has 0 amide bonds. The first-order valence-electron chi connectivity index (χ1n) is 5.10. The van der Waals surface area contributed by atoms with Crippen LogP contribution in [-0.4, -0.2) is 32.1 Å². The quantitative estimate of drug-likeness (QED) is 0.823. The molecule has 1 aromatic rings. The van der Waals surface area contributed by atoms with Gasteiger partial charge in [-0.15, -0.1) is 24.8 Å². The fourth-order valence-electron chi connectivity index (χ4n) is 1.33. The van der Waals surface area contributed by atoms with E-state index in [-0.39, 0.29) is 24.8 Å². The Labute approximate surface area is 111 Å². The lowest BCUT2D eigenvalue weighted by Gasteiger charge is -2.11. The number of aryl methyl sites for hydroxylation is 1. The molecule has 1 aromatic carbocycles. The van der Waals surface area contributed by atoms with Gasteiger partial charge in [0, 0.05) is 19.6 Å². The zero-order chi connectivity index (χ0) is 10.4. The molecule has 1 N–H and O–H groups in total. The Kier molecular flexibility index (Phi) is 11.2. The molecule has 0 aromatic heterocycles. The number of nitrogens with one attached hydrogen (secondary N) is 1. The lowest BCUT2D eigenvalue weighted by Crippen LogP contribution is -2.26. The summed E-state index contributed by atoms with van der Waals surface area (Å²) in [4.78, 5) is 2.19. The SMILES string of the molecule is Cc1ccccc1CNCCN(C)C.Cl.Cl. The van der Waals surface area contributed by atoms with E-state index in [9.17, 15) is 0 Å². The molecule has 0 saturated heterocycles. The van der Waals surface area contributed by atoms with Gasteiger partial charge in [-0.25, -0.2) is 0 Å². The van der Waals surface area contributed by atoms with Crippen molar-refractivity contribution in [1.29, 1.82) is 0 Å². The first kappa shape index (κ1) is 18.1. The van der Waals surface area contributed by atoms with Crippen LogP contribution in [0.4, 0.5) is 0 Å². The highest BCUT2D eigenvalue weighted by Gasteiger charge is 1.95. The Morgan fingerprint density at radius 3 is 2.31 bits per heavy atom. The van der Waals surface area contributed by atoms with E-state index in [0.29, 0.717) is 0 Å². The van der Waals surface area contributed by atoms with Crippen LogP contribution in [0, 0.1) is 6.92 Å².